The molecule has 0 aliphatic heterocycles. The Balaban J connectivity index is 2.59. The van der Waals surface area contributed by atoms with Crippen molar-refractivity contribution in [2.45, 2.75) is 25.4 Å². The third kappa shape index (κ3) is 5.32. The molecule has 1 N–H and O–H groups in total. The number of rotatable bonds is 6. The van der Waals surface area contributed by atoms with Gasteiger partial charge < -0.3 is 5.32 Å². The first-order chi connectivity index (χ1) is 9.20. The average Bonchev–Trinajstić information content (AvgIpc) is 2.31. The van der Waals surface area contributed by atoms with Crippen LogP contribution in [0.4, 0.5) is 28.9 Å². The zero-order valence-corrected chi connectivity index (χ0v) is 11.7. The van der Waals surface area contributed by atoms with Gasteiger partial charge in [0.25, 0.3) is 5.69 Å². The van der Waals surface area contributed by atoms with Crippen LogP contribution < -0.4 is 5.32 Å². The fraction of sp³-hybridized carbons (Fsp3) is 0.455. The van der Waals surface area contributed by atoms with Gasteiger partial charge in [0.05, 0.1) is 9.40 Å². The Kier molecular flexibility index (Phi) is 5.73. The number of hydrogen-bond acceptors (Lipinski definition) is 3. The van der Waals surface area contributed by atoms with E-state index in [-0.39, 0.29) is 35.2 Å². The van der Waals surface area contributed by atoms with E-state index in [9.17, 15) is 27.7 Å². The Bertz CT molecular complexity index is 494. The highest BCUT2D eigenvalue weighted by atomic mass is 79.9. The van der Waals surface area contributed by atoms with Gasteiger partial charge in [0, 0.05) is 25.1 Å². The van der Waals surface area contributed by atoms with E-state index in [1.807, 2.05) is 0 Å². The van der Waals surface area contributed by atoms with Crippen molar-refractivity contribution in [2.24, 2.45) is 0 Å². The molecular weight excluding hydrogens is 348 g/mol. The van der Waals surface area contributed by atoms with Gasteiger partial charge in [0.15, 0.2) is 0 Å². The minimum atomic E-state index is -4.21. The Morgan fingerprint density at radius 3 is 2.50 bits per heavy atom. The molecule has 0 radical (unpaired) electrons. The molecule has 0 aromatic heterocycles. The fourth-order valence-electron chi connectivity index (χ4n) is 1.50. The first-order valence-corrected chi connectivity index (χ1v) is 6.44. The van der Waals surface area contributed by atoms with Crippen LogP contribution in [0.1, 0.15) is 19.3 Å². The highest BCUT2D eigenvalue weighted by molar-refractivity contribution is 9.10. The maximum atomic E-state index is 13.3. The van der Waals surface area contributed by atoms with Gasteiger partial charge in [-0.2, -0.15) is 13.2 Å². The first kappa shape index (κ1) is 16.7. The van der Waals surface area contributed by atoms with Gasteiger partial charge in [-0.1, -0.05) is 0 Å². The van der Waals surface area contributed by atoms with Crippen molar-refractivity contribution < 1.29 is 22.5 Å². The molecule has 0 saturated carbocycles. The minimum absolute atomic E-state index is 0.0492. The van der Waals surface area contributed by atoms with Crippen LogP contribution in [0.25, 0.3) is 0 Å². The van der Waals surface area contributed by atoms with E-state index < -0.39 is 23.3 Å². The molecule has 1 rings (SSSR count). The van der Waals surface area contributed by atoms with Crippen molar-refractivity contribution in [1.29, 1.82) is 0 Å². The van der Waals surface area contributed by atoms with E-state index in [1.54, 1.807) is 0 Å². The van der Waals surface area contributed by atoms with E-state index in [2.05, 4.69) is 21.2 Å². The predicted octanol–water partition coefficient (Wildman–Crippen LogP) is 4.64. The SMILES string of the molecule is O=[N+]([O-])c1cc(Br)c(F)cc1NCCCCC(F)(F)F. The van der Waals surface area contributed by atoms with Crippen LogP contribution >= 0.6 is 15.9 Å². The summed E-state index contributed by atoms with van der Waals surface area (Å²) in [5.74, 6) is -0.687. The summed E-state index contributed by atoms with van der Waals surface area (Å²) in [4.78, 5) is 10.1. The Labute approximate surface area is 120 Å². The van der Waals surface area contributed by atoms with Crippen molar-refractivity contribution in [2.75, 3.05) is 11.9 Å². The maximum Gasteiger partial charge on any atom is 0.389 e. The molecule has 0 aliphatic carbocycles. The third-order valence-electron chi connectivity index (χ3n) is 2.44. The normalized spacial score (nSPS) is 11.4. The molecule has 112 valence electrons. The van der Waals surface area contributed by atoms with Crippen LogP contribution in [0.5, 0.6) is 0 Å². The molecule has 4 nitrogen and oxygen atoms in total. The number of benzene rings is 1. The molecule has 0 heterocycles. The van der Waals surface area contributed by atoms with Gasteiger partial charge in [0.1, 0.15) is 11.5 Å². The number of unbranched alkanes of at least 4 members (excludes halogenated alkanes) is 1. The number of nitrogens with zero attached hydrogens (tertiary/aromatic N) is 1. The molecule has 20 heavy (non-hydrogen) atoms. The van der Waals surface area contributed by atoms with Crippen LogP contribution in [-0.4, -0.2) is 17.6 Å². The minimum Gasteiger partial charge on any atom is -0.379 e. The fourth-order valence-corrected chi connectivity index (χ4v) is 1.83. The largest absolute Gasteiger partial charge is 0.389 e. The number of nitro benzene ring substituents is 1. The van der Waals surface area contributed by atoms with E-state index >= 15 is 0 Å². The molecule has 1 aromatic rings. The molecule has 0 bridgehead atoms. The third-order valence-corrected chi connectivity index (χ3v) is 3.05. The molecule has 0 aliphatic rings. The van der Waals surface area contributed by atoms with Gasteiger partial charge >= 0.3 is 6.18 Å². The summed E-state index contributed by atoms with van der Waals surface area (Å²) in [6.07, 6.45) is -5.04. The Morgan fingerprint density at radius 1 is 1.30 bits per heavy atom. The summed E-state index contributed by atoms with van der Waals surface area (Å²) < 4.78 is 49.0. The van der Waals surface area contributed by atoms with Gasteiger partial charge in [-0.05, 0) is 28.8 Å². The van der Waals surface area contributed by atoms with Crippen LogP contribution in [0, 0.1) is 15.9 Å². The predicted molar refractivity (Wildman–Crippen MR) is 69.2 cm³/mol. The standard InChI is InChI=1S/C11H11BrF4N2O2/c12-7-5-10(18(19)20)9(6-8(7)13)17-4-2-1-3-11(14,15)16/h5-6,17H,1-4H2. The summed E-state index contributed by atoms with van der Waals surface area (Å²) in [5.41, 5.74) is -0.392. The highest BCUT2D eigenvalue weighted by Gasteiger charge is 2.25. The second-order valence-electron chi connectivity index (χ2n) is 4.04. The molecule has 0 fully saturated rings. The lowest BCUT2D eigenvalue weighted by atomic mass is 10.2. The second kappa shape index (κ2) is 6.87. The lowest BCUT2D eigenvalue weighted by molar-refractivity contribution is -0.384. The molecule has 1 aromatic carbocycles. The van der Waals surface area contributed by atoms with Crippen LogP contribution in [0.3, 0.4) is 0 Å². The number of nitro groups is 1. The number of nitrogens with one attached hydrogen (secondary N) is 1. The number of hydrogen-bond donors (Lipinski definition) is 1. The van der Waals surface area contributed by atoms with Crippen molar-refractivity contribution in [3.8, 4) is 0 Å². The van der Waals surface area contributed by atoms with Crippen LogP contribution in [0.15, 0.2) is 16.6 Å². The van der Waals surface area contributed by atoms with Gasteiger partial charge in [0.2, 0.25) is 0 Å². The molecular formula is C11H11BrF4N2O2. The number of alkyl halides is 3. The van der Waals surface area contributed by atoms with Gasteiger partial charge in [-0.25, -0.2) is 4.39 Å². The molecule has 0 saturated heterocycles. The number of anilines is 1. The first-order valence-electron chi connectivity index (χ1n) is 5.65. The lowest BCUT2D eigenvalue weighted by Gasteiger charge is -2.09. The Morgan fingerprint density at radius 2 is 1.95 bits per heavy atom. The van der Waals surface area contributed by atoms with Crippen LogP contribution in [0.2, 0.25) is 0 Å². The summed E-state index contributed by atoms with van der Waals surface area (Å²) in [6.45, 7) is 0.0952. The number of halogens is 5. The Hall–Kier alpha value is -1.38. The van der Waals surface area contributed by atoms with Gasteiger partial charge in [-0.15, -0.1) is 0 Å². The maximum absolute atomic E-state index is 13.3. The van der Waals surface area contributed by atoms with Gasteiger partial charge in [-0.3, -0.25) is 10.1 Å². The average molecular weight is 359 g/mol. The quantitative estimate of drug-likeness (QED) is 0.348. The summed E-state index contributed by atoms with van der Waals surface area (Å²) in [6, 6.07) is 1.94. The lowest BCUT2D eigenvalue weighted by Crippen LogP contribution is -2.09. The monoisotopic (exact) mass is 358 g/mol. The summed E-state index contributed by atoms with van der Waals surface area (Å²) >= 11 is 2.83. The van der Waals surface area contributed by atoms with E-state index in [4.69, 9.17) is 0 Å². The van der Waals surface area contributed by atoms with Crippen molar-refractivity contribution in [1.82, 2.24) is 0 Å². The molecule has 0 atom stereocenters. The zero-order valence-electron chi connectivity index (χ0n) is 10.1. The van der Waals surface area contributed by atoms with E-state index in [1.165, 1.54) is 0 Å². The molecule has 0 amide bonds. The van der Waals surface area contributed by atoms with E-state index in [0.29, 0.717) is 0 Å². The summed E-state index contributed by atoms with van der Waals surface area (Å²) in [5, 5.41) is 13.4. The van der Waals surface area contributed by atoms with Crippen molar-refractivity contribution >= 4 is 27.3 Å². The van der Waals surface area contributed by atoms with Crippen LogP contribution in [-0.2, 0) is 0 Å². The zero-order chi connectivity index (χ0) is 15.3. The topological polar surface area (TPSA) is 55.2 Å². The summed E-state index contributed by atoms with van der Waals surface area (Å²) in [7, 11) is 0. The highest BCUT2D eigenvalue weighted by Crippen LogP contribution is 2.30. The molecule has 9 heteroatoms. The van der Waals surface area contributed by atoms with E-state index in [0.717, 1.165) is 12.1 Å². The molecule has 0 spiro atoms. The van der Waals surface area contributed by atoms with Crippen molar-refractivity contribution in [3.63, 3.8) is 0 Å². The molecule has 0 unspecified atom stereocenters. The van der Waals surface area contributed by atoms with Crippen molar-refractivity contribution in [3.05, 3.63) is 32.5 Å². The smallest absolute Gasteiger partial charge is 0.379 e. The second-order valence-corrected chi connectivity index (χ2v) is 4.89.